The van der Waals surface area contributed by atoms with E-state index in [1.807, 2.05) is 0 Å². The number of hydrogen-bond donors (Lipinski definition) is 0. The lowest BCUT2D eigenvalue weighted by Gasteiger charge is -2.51. The van der Waals surface area contributed by atoms with Crippen LogP contribution in [0.2, 0.25) is 0 Å². The van der Waals surface area contributed by atoms with Crippen LogP contribution >= 0.6 is 0 Å². The van der Waals surface area contributed by atoms with Gasteiger partial charge in [0.15, 0.2) is 11.5 Å². The van der Waals surface area contributed by atoms with Gasteiger partial charge >= 0.3 is 0 Å². The Morgan fingerprint density at radius 2 is 1.71 bits per heavy atom. The van der Waals surface area contributed by atoms with Gasteiger partial charge in [0.05, 0.1) is 0 Å². The van der Waals surface area contributed by atoms with E-state index in [0.717, 1.165) is 30.5 Å². The summed E-state index contributed by atoms with van der Waals surface area (Å²) in [4.78, 5) is 5.55. The van der Waals surface area contributed by atoms with E-state index in [2.05, 4.69) is 59.2 Å². The van der Waals surface area contributed by atoms with Gasteiger partial charge in [0.25, 0.3) is 0 Å². The summed E-state index contributed by atoms with van der Waals surface area (Å²) in [7, 11) is 0. The molecule has 5 aliphatic heterocycles. The van der Waals surface area contributed by atoms with Gasteiger partial charge in [0, 0.05) is 31.1 Å². The van der Waals surface area contributed by atoms with E-state index < -0.39 is 0 Å². The first kappa shape index (κ1) is 16.9. The van der Waals surface area contributed by atoms with Gasteiger partial charge in [0.2, 0.25) is 6.79 Å². The fourth-order valence-electron chi connectivity index (χ4n) is 6.09. The third-order valence-electron chi connectivity index (χ3n) is 7.42. The Balaban J connectivity index is 1.33. The minimum absolute atomic E-state index is 0.350. The normalized spacial score (nSPS) is 33.2. The Morgan fingerprint density at radius 1 is 0.929 bits per heavy atom. The lowest BCUT2D eigenvalue weighted by Crippen LogP contribution is -2.59. The fourth-order valence-corrected chi connectivity index (χ4v) is 6.09. The highest BCUT2D eigenvalue weighted by atomic mass is 16.7. The lowest BCUT2D eigenvalue weighted by atomic mass is 9.75. The summed E-state index contributed by atoms with van der Waals surface area (Å²) < 4.78 is 11.2. The summed E-state index contributed by atoms with van der Waals surface area (Å²) in [6.45, 7) is 7.25. The Kier molecular flexibility index (Phi) is 3.92. The van der Waals surface area contributed by atoms with Crippen molar-refractivity contribution in [2.75, 3.05) is 26.4 Å². The Bertz CT molecular complexity index is 873. The molecule has 0 amide bonds. The Hall–Kier alpha value is -2.04. The standard InChI is InChI=1S/C24H28N2O2/c1-16-2-4-17(5-3-16)13-26-14-20(19-6-7-21-22(12-19)28-15-27-21)24-23(26)18-8-10-25(24)11-9-18/h2-7,12,18,20,23-24H,8-11,13-15H2,1H3/t20-,23+,24+/m0/s1. The van der Waals surface area contributed by atoms with Gasteiger partial charge in [-0.2, -0.15) is 0 Å². The molecule has 0 unspecified atom stereocenters. The van der Waals surface area contributed by atoms with Crippen LogP contribution in [0, 0.1) is 12.8 Å². The van der Waals surface area contributed by atoms with Gasteiger partial charge in [-0.15, -0.1) is 0 Å². The number of nitrogens with zero attached hydrogens (tertiary/aromatic N) is 2. The number of ether oxygens (including phenoxy) is 2. The van der Waals surface area contributed by atoms with Crippen molar-refractivity contribution in [1.82, 2.24) is 9.80 Å². The molecule has 7 rings (SSSR count). The first-order chi connectivity index (χ1) is 13.8. The van der Waals surface area contributed by atoms with Gasteiger partial charge < -0.3 is 9.47 Å². The monoisotopic (exact) mass is 376 g/mol. The van der Waals surface area contributed by atoms with Gasteiger partial charge in [0.1, 0.15) is 0 Å². The molecule has 4 heteroatoms. The average Bonchev–Trinajstić information content (AvgIpc) is 3.36. The molecule has 3 atom stereocenters. The van der Waals surface area contributed by atoms with E-state index in [4.69, 9.17) is 9.47 Å². The van der Waals surface area contributed by atoms with Crippen molar-refractivity contribution in [2.45, 2.75) is 44.3 Å². The van der Waals surface area contributed by atoms with E-state index in [0.29, 0.717) is 24.8 Å². The zero-order valence-corrected chi connectivity index (χ0v) is 16.5. The van der Waals surface area contributed by atoms with Gasteiger partial charge in [-0.1, -0.05) is 35.9 Å². The van der Waals surface area contributed by atoms with E-state index in [1.54, 1.807) is 0 Å². The SMILES string of the molecule is Cc1ccc(CN2C[C@@H](c3ccc4c(c3)OCO4)[C@@H]3[C@H]2C2CCN3CC2)cc1. The maximum atomic E-state index is 5.68. The van der Waals surface area contributed by atoms with Gasteiger partial charge in [-0.3, -0.25) is 9.80 Å². The fraction of sp³-hybridized carbons (Fsp3) is 0.500. The van der Waals surface area contributed by atoms with E-state index in [-0.39, 0.29) is 0 Å². The van der Waals surface area contributed by atoms with Crippen LogP contribution < -0.4 is 9.47 Å². The van der Waals surface area contributed by atoms with Crippen LogP contribution in [0.4, 0.5) is 0 Å². The van der Waals surface area contributed by atoms with Crippen molar-refractivity contribution in [3.05, 3.63) is 59.2 Å². The van der Waals surface area contributed by atoms with Crippen LogP contribution in [0.3, 0.4) is 0 Å². The minimum Gasteiger partial charge on any atom is -0.454 e. The molecular formula is C24H28N2O2. The summed E-state index contributed by atoms with van der Waals surface area (Å²) in [6.07, 6.45) is 2.72. The summed E-state index contributed by atoms with van der Waals surface area (Å²) in [5, 5.41) is 0. The van der Waals surface area contributed by atoms with Crippen LogP contribution in [0.25, 0.3) is 0 Å². The molecule has 28 heavy (non-hydrogen) atoms. The third kappa shape index (κ3) is 2.66. The molecular weight excluding hydrogens is 348 g/mol. The maximum Gasteiger partial charge on any atom is 0.231 e. The molecule has 2 bridgehead atoms. The molecule has 4 saturated heterocycles. The molecule has 2 aromatic rings. The number of likely N-dealkylation sites (tertiary alicyclic amines) is 1. The molecule has 5 heterocycles. The Morgan fingerprint density at radius 3 is 2.54 bits per heavy atom. The largest absolute Gasteiger partial charge is 0.454 e. The summed E-state index contributed by atoms with van der Waals surface area (Å²) in [5.41, 5.74) is 4.19. The minimum atomic E-state index is 0.350. The van der Waals surface area contributed by atoms with Crippen molar-refractivity contribution in [3.8, 4) is 11.5 Å². The molecule has 2 aromatic carbocycles. The maximum absolute atomic E-state index is 5.68. The number of fused-ring (bicyclic) bond motifs is 3. The van der Waals surface area contributed by atoms with Crippen molar-refractivity contribution in [3.63, 3.8) is 0 Å². The topological polar surface area (TPSA) is 24.9 Å². The predicted molar refractivity (Wildman–Crippen MR) is 109 cm³/mol. The van der Waals surface area contributed by atoms with Crippen molar-refractivity contribution >= 4 is 0 Å². The number of benzene rings is 2. The second-order valence-corrected chi connectivity index (χ2v) is 8.99. The van der Waals surface area contributed by atoms with Gasteiger partial charge in [-0.25, -0.2) is 0 Å². The van der Waals surface area contributed by atoms with E-state index >= 15 is 0 Å². The second-order valence-electron chi connectivity index (χ2n) is 8.99. The first-order valence-electron chi connectivity index (χ1n) is 10.7. The molecule has 0 spiro atoms. The molecule has 0 aromatic heterocycles. The van der Waals surface area contributed by atoms with Crippen LogP contribution in [0.5, 0.6) is 11.5 Å². The van der Waals surface area contributed by atoms with Crippen LogP contribution in [0.1, 0.15) is 35.4 Å². The predicted octanol–water partition coefficient (Wildman–Crippen LogP) is 3.79. The summed E-state index contributed by atoms with van der Waals surface area (Å²) >= 11 is 0. The first-order valence-corrected chi connectivity index (χ1v) is 10.7. The van der Waals surface area contributed by atoms with Crippen LogP contribution in [-0.2, 0) is 6.54 Å². The molecule has 146 valence electrons. The molecule has 4 fully saturated rings. The smallest absolute Gasteiger partial charge is 0.231 e. The number of hydrogen-bond acceptors (Lipinski definition) is 4. The molecule has 0 saturated carbocycles. The Labute approximate surface area is 167 Å². The number of rotatable bonds is 3. The average molecular weight is 377 g/mol. The third-order valence-corrected chi connectivity index (χ3v) is 7.42. The van der Waals surface area contributed by atoms with Crippen molar-refractivity contribution in [2.24, 2.45) is 5.92 Å². The summed E-state index contributed by atoms with van der Waals surface area (Å²) in [5.74, 6) is 3.20. The quantitative estimate of drug-likeness (QED) is 0.814. The highest BCUT2D eigenvalue weighted by Gasteiger charge is 2.53. The van der Waals surface area contributed by atoms with Crippen molar-refractivity contribution in [1.29, 1.82) is 0 Å². The van der Waals surface area contributed by atoms with Crippen LogP contribution in [0.15, 0.2) is 42.5 Å². The number of piperidine rings is 3. The molecule has 5 aliphatic rings. The molecule has 4 nitrogen and oxygen atoms in total. The number of aryl methyl sites for hydroxylation is 1. The van der Waals surface area contributed by atoms with E-state index in [9.17, 15) is 0 Å². The zero-order chi connectivity index (χ0) is 18.7. The van der Waals surface area contributed by atoms with Gasteiger partial charge in [-0.05, 0) is 62.0 Å². The van der Waals surface area contributed by atoms with Crippen molar-refractivity contribution < 1.29 is 9.47 Å². The van der Waals surface area contributed by atoms with Crippen LogP contribution in [-0.4, -0.2) is 48.3 Å². The molecule has 0 radical (unpaired) electrons. The van der Waals surface area contributed by atoms with E-state index in [1.165, 1.54) is 42.6 Å². The lowest BCUT2D eigenvalue weighted by molar-refractivity contribution is -0.00869. The highest BCUT2D eigenvalue weighted by molar-refractivity contribution is 5.46. The second kappa shape index (κ2) is 6.50. The molecule has 0 aliphatic carbocycles. The zero-order valence-electron chi connectivity index (χ0n) is 16.5. The molecule has 0 N–H and O–H groups in total. The summed E-state index contributed by atoms with van der Waals surface area (Å²) in [6, 6.07) is 17.0. The highest BCUT2D eigenvalue weighted by Crippen LogP contribution is 2.48.